The molecule has 1 spiro atoms. The minimum Gasteiger partial charge on any atom is -0.377 e. The van der Waals surface area contributed by atoms with Crippen LogP contribution in [0.2, 0.25) is 0 Å². The molecule has 0 aliphatic carbocycles. The highest BCUT2D eigenvalue weighted by molar-refractivity contribution is 5.48. The Bertz CT molecular complexity index is 909. The minimum absolute atomic E-state index is 0.0517. The molecule has 0 N–H and O–H groups in total. The molecule has 1 atom stereocenters. The third-order valence-corrected chi connectivity index (χ3v) is 5.62. The van der Waals surface area contributed by atoms with Crippen molar-refractivity contribution in [2.45, 2.75) is 25.0 Å². The first-order valence-electron chi connectivity index (χ1n) is 9.35. The summed E-state index contributed by atoms with van der Waals surface area (Å²) in [7, 11) is 0. The fourth-order valence-electron chi connectivity index (χ4n) is 4.09. The van der Waals surface area contributed by atoms with E-state index in [0.717, 1.165) is 56.2 Å². The van der Waals surface area contributed by atoms with Gasteiger partial charge in [0.1, 0.15) is 17.7 Å². The molecule has 8 nitrogen and oxygen atoms in total. The van der Waals surface area contributed by atoms with Crippen LogP contribution in [-0.4, -0.2) is 56.7 Å². The molecule has 2 aliphatic rings. The van der Waals surface area contributed by atoms with Crippen LogP contribution in [0.3, 0.4) is 0 Å². The van der Waals surface area contributed by atoms with Gasteiger partial charge in [-0.15, -0.1) is 15.3 Å². The molecule has 2 aliphatic heterocycles. The summed E-state index contributed by atoms with van der Waals surface area (Å²) >= 11 is 0. The first-order valence-corrected chi connectivity index (χ1v) is 9.35. The molecule has 5 heterocycles. The monoisotopic (exact) mass is 366 g/mol. The van der Waals surface area contributed by atoms with E-state index >= 15 is 0 Å². The molecule has 0 amide bonds. The Morgan fingerprint density at radius 2 is 2.07 bits per heavy atom. The highest BCUT2D eigenvalue weighted by Crippen LogP contribution is 2.42. The summed E-state index contributed by atoms with van der Waals surface area (Å²) < 4.78 is 13.7. The first-order chi connectivity index (χ1) is 13.3. The second-order valence-electron chi connectivity index (χ2n) is 7.28. The Morgan fingerprint density at radius 3 is 2.96 bits per heavy atom. The highest BCUT2D eigenvalue weighted by Gasteiger charge is 2.53. The predicted octanol–water partition coefficient (Wildman–Crippen LogP) is 1.72. The van der Waals surface area contributed by atoms with Gasteiger partial charge in [-0.05, 0) is 48.6 Å². The van der Waals surface area contributed by atoms with Gasteiger partial charge in [0.2, 0.25) is 0 Å². The van der Waals surface area contributed by atoms with Crippen LogP contribution in [0.5, 0.6) is 0 Å². The van der Waals surface area contributed by atoms with Gasteiger partial charge in [0.05, 0.1) is 19.7 Å². The summed E-state index contributed by atoms with van der Waals surface area (Å²) in [6.45, 7) is 3.98. The molecule has 0 saturated carbocycles. The molecule has 3 aromatic rings. The van der Waals surface area contributed by atoms with Crippen molar-refractivity contribution in [1.29, 1.82) is 0 Å². The van der Waals surface area contributed by atoms with Crippen LogP contribution in [0.4, 0.5) is 5.82 Å². The van der Waals surface area contributed by atoms with Crippen LogP contribution in [0.15, 0.2) is 43.0 Å². The SMILES string of the molecule is c1cc(COCC[C@@H]2CCOC23CN(c2ccc4nncn4n2)C3)ccn1. The quantitative estimate of drug-likeness (QED) is 0.615. The van der Waals surface area contributed by atoms with Crippen LogP contribution in [0, 0.1) is 5.92 Å². The number of nitrogens with zero attached hydrogens (tertiary/aromatic N) is 6. The van der Waals surface area contributed by atoms with Crippen molar-refractivity contribution in [2.24, 2.45) is 5.92 Å². The molecule has 140 valence electrons. The molecule has 3 aromatic heterocycles. The van der Waals surface area contributed by atoms with Crippen molar-refractivity contribution in [3.8, 4) is 0 Å². The zero-order valence-electron chi connectivity index (χ0n) is 15.1. The first kappa shape index (κ1) is 16.6. The van der Waals surface area contributed by atoms with Gasteiger partial charge >= 0.3 is 0 Å². The van der Waals surface area contributed by atoms with Gasteiger partial charge in [-0.25, -0.2) is 0 Å². The van der Waals surface area contributed by atoms with Crippen LogP contribution in [-0.2, 0) is 16.1 Å². The molecule has 2 saturated heterocycles. The fraction of sp³-hybridized carbons (Fsp3) is 0.474. The van der Waals surface area contributed by atoms with Gasteiger partial charge in [-0.1, -0.05) is 0 Å². The van der Waals surface area contributed by atoms with E-state index in [4.69, 9.17) is 9.47 Å². The fourth-order valence-corrected chi connectivity index (χ4v) is 4.09. The van der Waals surface area contributed by atoms with E-state index in [1.807, 2.05) is 24.3 Å². The zero-order chi connectivity index (χ0) is 18.1. The van der Waals surface area contributed by atoms with Crippen LogP contribution in [0.25, 0.3) is 5.65 Å². The van der Waals surface area contributed by atoms with Crippen molar-refractivity contribution >= 4 is 11.5 Å². The van der Waals surface area contributed by atoms with E-state index in [1.54, 1.807) is 23.2 Å². The van der Waals surface area contributed by atoms with Crippen molar-refractivity contribution in [2.75, 3.05) is 31.2 Å². The maximum absolute atomic E-state index is 6.16. The van der Waals surface area contributed by atoms with Gasteiger partial charge in [-0.2, -0.15) is 4.52 Å². The molecular weight excluding hydrogens is 344 g/mol. The Morgan fingerprint density at radius 1 is 1.19 bits per heavy atom. The summed E-state index contributed by atoms with van der Waals surface area (Å²) in [6.07, 6.45) is 7.35. The van der Waals surface area contributed by atoms with Gasteiger partial charge in [0.25, 0.3) is 0 Å². The largest absolute Gasteiger partial charge is 0.377 e. The lowest BCUT2D eigenvalue weighted by Gasteiger charge is -2.50. The average Bonchev–Trinajstić information content (AvgIpc) is 3.31. The van der Waals surface area contributed by atoms with Crippen molar-refractivity contribution in [3.63, 3.8) is 0 Å². The van der Waals surface area contributed by atoms with E-state index in [0.29, 0.717) is 12.5 Å². The second kappa shape index (κ2) is 6.86. The standard InChI is InChI=1S/C19H22N6O2/c1-2-18(23-25-14-21-22-17(1)25)24-12-19(13-24)16(6-10-27-19)5-9-26-11-15-3-7-20-8-4-15/h1-4,7-8,14,16H,5-6,9-13H2/t16-/m1/s1. The third-order valence-electron chi connectivity index (χ3n) is 5.62. The van der Waals surface area contributed by atoms with E-state index in [9.17, 15) is 0 Å². The number of ether oxygens (including phenoxy) is 2. The number of rotatable bonds is 6. The molecule has 5 rings (SSSR count). The number of hydrogen-bond donors (Lipinski definition) is 0. The van der Waals surface area contributed by atoms with Gasteiger partial charge in [0.15, 0.2) is 5.65 Å². The number of hydrogen-bond acceptors (Lipinski definition) is 7. The third kappa shape index (κ3) is 3.15. The lowest BCUT2D eigenvalue weighted by atomic mass is 9.79. The van der Waals surface area contributed by atoms with Gasteiger partial charge < -0.3 is 14.4 Å². The van der Waals surface area contributed by atoms with E-state index < -0.39 is 0 Å². The Kier molecular flexibility index (Phi) is 4.21. The number of fused-ring (bicyclic) bond motifs is 1. The molecule has 0 aromatic carbocycles. The smallest absolute Gasteiger partial charge is 0.177 e. The molecule has 0 bridgehead atoms. The van der Waals surface area contributed by atoms with Gasteiger partial charge in [0, 0.05) is 25.6 Å². The number of pyridine rings is 1. The van der Waals surface area contributed by atoms with E-state index in [1.165, 1.54) is 0 Å². The van der Waals surface area contributed by atoms with Crippen LogP contribution in [0.1, 0.15) is 18.4 Å². The van der Waals surface area contributed by atoms with Crippen LogP contribution >= 0.6 is 0 Å². The number of anilines is 1. The summed E-state index contributed by atoms with van der Waals surface area (Å²) in [6, 6.07) is 7.92. The Labute approximate surface area is 157 Å². The van der Waals surface area contributed by atoms with Gasteiger partial charge in [-0.3, -0.25) is 4.98 Å². The molecule has 8 heteroatoms. The van der Waals surface area contributed by atoms with E-state index in [-0.39, 0.29) is 5.60 Å². The lowest BCUT2D eigenvalue weighted by Crippen LogP contribution is -2.65. The Balaban J connectivity index is 1.16. The number of aromatic nitrogens is 5. The Hall–Kier alpha value is -2.58. The van der Waals surface area contributed by atoms with Crippen molar-refractivity contribution in [1.82, 2.24) is 24.8 Å². The second-order valence-corrected chi connectivity index (χ2v) is 7.28. The normalized spacial score (nSPS) is 21.0. The molecular formula is C19H22N6O2. The highest BCUT2D eigenvalue weighted by atomic mass is 16.5. The molecule has 0 unspecified atom stereocenters. The summed E-state index contributed by atoms with van der Waals surface area (Å²) in [4.78, 5) is 6.29. The van der Waals surface area contributed by atoms with Crippen molar-refractivity contribution in [3.05, 3.63) is 48.5 Å². The van der Waals surface area contributed by atoms with E-state index in [2.05, 4.69) is 25.2 Å². The van der Waals surface area contributed by atoms with Crippen LogP contribution < -0.4 is 4.90 Å². The molecule has 2 fully saturated rings. The zero-order valence-corrected chi connectivity index (χ0v) is 15.1. The maximum Gasteiger partial charge on any atom is 0.177 e. The summed E-state index contributed by atoms with van der Waals surface area (Å²) in [5.41, 5.74) is 1.87. The molecule has 27 heavy (non-hydrogen) atoms. The average molecular weight is 366 g/mol. The van der Waals surface area contributed by atoms with Crippen molar-refractivity contribution < 1.29 is 9.47 Å². The maximum atomic E-state index is 6.16. The lowest BCUT2D eigenvalue weighted by molar-refractivity contribution is -0.0512. The molecule has 0 radical (unpaired) electrons. The topological polar surface area (TPSA) is 77.7 Å². The summed E-state index contributed by atoms with van der Waals surface area (Å²) in [5.74, 6) is 1.47. The summed E-state index contributed by atoms with van der Waals surface area (Å²) in [5, 5.41) is 12.5. The predicted molar refractivity (Wildman–Crippen MR) is 98.3 cm³/mol. The minimum atomic E-state index is -0.0517.